The zero-order chi connectivity index (χ0) is 7.94. The largest absolute Gasteiger partial charge is 0.477 e. The molecule has 0 bridgehead atoms. The second-order valence-corrected chi connectivity index (χ2v) is 1.97. The Kier molecular flexibility index (Phi) is 3.12. The van der Waals surface area contributed by atoms with E-state index < -0.39 is 0 Å². The summed E-state index contributed by atoms with van der Waals surface area (Å²) in [6.45, 7) is 0.403. The summed E-state index contributed by atoms with van der Waals surface area (Å²) in [4.78, 5) is 13.8. The zero-order valence-electron chi connectivity index (χ0n) is 6.06. The number of carbonyl (C=O) groups excluding carboxylic acids is 1. The van der Waals surface area contributed by atoms with Gasteiger partial charge in [-0.25, -0.2) is 4.98 Å². The number of carbonyl (C=O) groups is 1. The fourth-order valence-electron chi connectivity index (χ4n) is 0.644. The first-order valence-corrected chi connectivity index (χ1v) is 3.41. The maximum atomic E-state index is 9.89. The van der Waals surface area contributed by atoms with Crippen LogP contribution in [0.15, 0.2) is 24.4 Å². The van der Waals surface area contributed by atoms with Gasteiger partial charge in [-0.1, -0.05) is 6.07 Å². The van der Waals surface area contributed by atoms with E-state index in [-0.39, 0.29) is 0 Å². The molecule has 58 valence electrons. The molecule has 0 N–H and O–H groups in total. The highest BCUT2D eigenvalue weighted by Crippen LogP contribution is 2.02. The average molecular weight is 151 g/mol. The van der Waals surface area contributed by atoms with E-state index in [9.17, 15) is 4.79 Å². The number of nitrogens with zero attached hydrogens (tertiary/aromatic N) is 1. The van der Waals surface area contributed by atoms with Gasteiger partial charge in [-0.15, -0.1) is 0 Å². The van der Waals surface area contributed by atoms with Crippen LogP contribution in [0.2, 0.25) is 0 Å². The Labute approximate surface area is 65.0 Å². The molecule has 0 aliphatic heterocycles. The minimum absolute atomic E-state index is 0.403. The molecule has 0 amide bonds. The third-order valence-electron chi connectivity index (χ3n) is 1.12. The molecule has 0 unspecified atom stereocenters. The molecule has 0 fully saturated rings. The van der Waals surface area contributed by atoms with Gasteiger partial charge in [-0.3, -0.25) is 0 Å². The highest BCUT2D eigenvalue weighted by Gasteiger charge is 1.90. The summed E-state index contributed by atoms with van der Waals surface area (Å²) >= 11 is 0. The summed E-state index contributed by atoms with van der Waals surface area (Å²) < 4.78 is 5.10. The van der Waals surface area contributed by atoms with Crippen LogP contribution >= 0.6 is 0 Å². The maximum Gasteiger partial charge on any atom is 0.213 e. The van der Waals surface area contributed by atoms with Gasteiger partial charge in [0.15, 0.2) is 0 Å². The van der Waals surface area contributed by atoms with Gasteiger partial charge in [0, 0.05) is 18.7 Å². The predicted octanol–water partition coefficient (Wildman–Crippen LogP) is 1.05. The zero-order valence-corrected chi connectivity index (χ0v) is 6.06. The summed E-state index contributed by atoms with van der Waals surface area (Å²) in [5.74, 6) is 0.564. The van der Waals surface area contributed by atoms with E-state index in [0.29, 0.717) is 18.9 Å². The Morgan fingerprint density at radius 3 is 3.09 bits per heavy atom. The van der Waals surface area contributed by atoms with Crippen molar-refractivity contribution in [2.24, 2.45) is 0 Å². The smallest absolute Gasteiger partial charge is 0.213 e. The lowest BCUT2D eigenvalue weighted by molar-refractivity contribution is -0.108. The van der Waals surface area contributed by atoms with Gasteiger partial charge < -0.3 is 9.53 Å². The van der Waals surface area contributed by atoms with Crippen molar-refractivity contribution in [3.8, 4) is 5.88 Å². The average Bonchev–Trinajstić information content (AvgIpc) is 2.07. The quantitative estimate of drug-likeness (QED) is 0.477. The number of aldehydes is 1. The molecule has 0 aliphatic rings. The Hall–Kier alpha value is -1.38. The first-order valence-electron chi connectivity index (χ1n) is 3.41. The first-order chi connectivity index (χ1) is 5.43. The van der Waals surface area contributed by atoms with E-state index in [1.165, 1.54) is 0 Å². The van der Waals surface area contributed by atoms with Crippen molar-refractivity contribution < 1.29 is 9.53 Å². The topological polar surface area (TPSA) is 39.2 Å². The van der Waals surface area contributed by atoms with Crippen LogP contribution in [-0.4, -0.2) is 17.9 Å². The Morgan fingerprint density at radius 2 is 2.45 bits per heavy atom. The molecule has 1 aromatic heterocycles. The molecule has 3 heteroatoms. The third-order valence-corrected chi connectivity index (χ3v) is 1.12. The van der Waals surface area contributed by atoms with E-state index in [4.69, 9.17) is 4.74 Å². The molecule has 11 heavy (non-hydrogen) atoms. The molecule has 1 heterocycles. The van der Waals surface area contributed by atoms with Crippen LogP contribution in [0.4, 0.5) is 0 Å². The standard InChI is InChI=1S/C8H9NO2/c10-6-3-7-11-8-4-1-2-5-9-8/h1-2,4-6H,3,7H2. The molecule has 0 aliphatic carbocycles. The van der Waals surface area contributed by atoms with Crippen LogP contribution in [0.3, 0.4) is 0 Å². The minimum atomic E-state index is 0.403. The third kappa shape index (κ3) is 2.80. The van der Waals surface area contributed by atoms with E-state index >= 15 is 0 Å². The molecule has 1 aromatic rings. The molecule has 0 aromatic carbocycles. The maximum absolute atomic E-state index is 9.89. The number of ether oxygens (including phenoxy) is 1. The fraction of sp³-hybridized carbons (Fsp3) is 0.250. The van der Waals surface area contributed by atoms with E-state index in [2.05, 4.69) is 4.98 Å². The molecule has 3 nitrogen and oxygen atoms in total. The van der Waals surface area contributed by atoms with E-state index in [1.54, 1.807) is 12.3 Å². The predicted molar refractivity (Wildman–Crippen MR) is 40.4 cm³/mol. The minimum Gasteiger partial charge on any atom is -0.477 e. The molecule has 0 radical (unpaired) electrons. The van der Waals surface area contributed by atoms with Crippen LogP contribution < -0.4 is 4.74 Å². The molecule has 0 saturated carbocycles. The Morgan fingerprint density at radius 1 is 1.55 bits per heavy atom. The Balaban J connectivity index is 2.33. The van der Waals surface area contributed by atoms with Crippen molar-refractivity contribution in [1.29, 1.82) is 0 Å². The SMILES string of the molecule is O=CCCOc1ccccn1. The lowest BCUT2D eigenvalue weighted by atomic mass is 10.5. The van der Waals surface area contributed by atoms with Crippen LogP contribution in [0.1, 0.15) is 6.42 Å². The lowest BCUT2D eigenvalue weighted by Crippen LogP contribution is -1.98. The van der Waals surface area contributed by atoms with Crippen molar-refractivity contribution in [2.45, 2.75) is 6.42 Å². The number of hydrogen-bond acceptors (Lipinski definition) is 3. The normalized spacial score (nSPS) is 9.09. The molecule has 0 saturated heterocycles. The van der Waals surface area contributed by atoms with Crippen LogP contribution in [0, 0.1) is 0 Å². The van der Waals surface area contributed by atoms with Crippen molar-refractivity contribution in [2.75, 3.05) is 6.61 Å². The monoisotopic (exact) mass is 151 g/mol. The van der Waals surface area contributed by atoms with Gasteiger partial charge in [0.1, 0.15) is 6.29 Å². The summed E-state index contributed by atoms with van der Waals surface area (Å²) in [6, 6.07) is 5.40. The highest BCUT2D eigenvalue weighted by molar-refractivity contribution is 5.49. The summed E-state index contributed by atoms with van der Waals surface area (Å²) in [5.41, 5.74) is 0. The van der Waals surface area contributed by atoms with Crippen molar-refractivity contribution in [3.63, 3.8) is 0 Å². The number of pyridine rings is 1. The summed E-state index contributed by atoms with van der Waals surface area (Å²) in [5, 5.41) is 0. The van der Waals surface area contributed by atoms with Crippen LogP contribution in [0.5, 0.6) is 5.88 Å². The van der Waals surface area contributed by atoms with Crippen LogP contribution in [-0.2, 0) is 4.79 Å². The van der Waals surface area contributed by atoms with E-state index in [0.717, 1.165) is 6.29 Å². The number of hydrogen-bond donors (Lipinski definition) is 0. The summed E-state index contributed by atoms with van der Waals surface area (Å²) in [7, 11) is 0. The van der Waals surface area contributed by atoms with Crippen molar-refractivity contribution >= 4 is 6.29 Å². The van der Waals surface area contributed by atoms with Gasteiger partial charge in [0.05, 0.1) is 6.61 Å². The first kappa shape index (κ1) is 7.72. The van der Waals surface area contributed by atoms with Crippen molar-refractivity contribution in [3.05, 3.63) is 24.4 Å². The second kappa shape index (κ2) is 4.44. The van der Waals surface area contributed by atoms with Gasteiger partial charge in [0.25, 0.3) is 0 Å². The number of aromatic nitrogens is 1. The molecular weight excluding hydrogens is 142 g/mol. The van der Waals surface area contributed by atoms with Gasteiger partial charge >= 0.3 is 0 Å². The molecule has 0 atom stereocenters. The van der Waals surface area contributed by atoms with Gasteiger partial charge in [0.2, 0.25) is 5.88 Å². The van der Waals surface area contributed by atoms with Crippen LogP contribution in [0.25, 0.3) is 0 Å². The molecular formula is C8H9NO2. The lowest BCUT2D eigenvalue weighted by Gasteiger charge is -1.99. The van der Waals surface area contributed by atoms with Crippen molar-refractivity contribution in [1.82, 2.24) is 4.98 Å². The fourth-order valence-corrected chi connectivity index (χ4v) is 0.644. The highest BCUT2D eigenvalue weighted by atomic mass is 16.5. The summed E-state index contributed by atoms with van der Waals surface area (Å²) in [6.07, 6.45) is 2.88. The van der Waals surface area contributed by atoms with Gasteiger partial charge in [-0.05, 0) is 6.07 Å². The Bertz CT molecular complexity index is 211. The second-order valence-electron chi connectivity index (χ2n) is 1.97. The number of rotatable bonds is 4. The van der Waals surface area contributed by atoms with Gasteiger partial charge in [-0.2, -0.15) is 0 Å². The molecule has 0 spiro atoms. The van der Waals surface area contributed by atoms with E-state index in [1.807, 2.05) is 12.1 Å². The molecule has 1 rings (SSSR count).